The van der Waals surface area contributed by atoms with Crippen LogP contribution >= 0.6 is 15.9 Å². The molecule has 2 aromatic rings. The van der Waals surface area contributed by atoms with Crippen LogP contribution in [0.25, 0.3) is 0 Å². The molecule has 1 aliphatic rings. The average molecular weight is 381 g/mol. The van der Waals surface area contributed by atoms with Crippen LogP contribution < -0.4 is 9.62 Å². The van der Waals surface area contributed by atoms with Crippen molar-refractivity contribution in [1.82, 2.24) is 0 Å². The van der Waals surface area contributed by atoms with E-state index < -0.39 is 10.0 Å². The quantitative estimate of drug-likeness (QED) is 0.875. The lowest BCUT2D eigenvalue weighted by Crippen LogP contribution is -2.17. The Morgan fingerprint density at radius 2 is 1.59 bits per heavy atom. The maximum atomic E-state index is 12.4. The highest BCUT2D eigenvalue weighted by molar-refractivity contribution is 9.10. The second-order valence-electron chi connectivity index (χ2n) is 5.28. The Labute approximate surface area is 139 Å². The van der Waals surface area contributed by atoms with Gasteiger partial charge in [0.2, 0.25) is 0 Å². The van der Waals surface area contributed by atoms with Crippen molar-refractivity contribution in [3.8, 4) is 0 Å². The SMILES string of the molecule is O=S(=O)(Nc1ccc(N2CCCC2)cc1)c1ccccc1Br. The van der Waals surface area contributed by atoms with Gasteiger partial charge in [0.15, 0.2) is 0 Å². The minimum atomic E-state index is -3.59. The van der Waals surface area contributed by atoms with E-state index in [-0.39, 0.29) is 4.90 Å². The number of sulfonamides is 1. The Hall–Kier alpha value is -1.53. The molecular formula is C16H17BrN2O2S. The van der Waals surface area contributed by atoms with Crippen LogP contribution in [0.5, 0.6) is 0 Å². The summed E-state index contributed by atoms with van der Waals surface area (Å²) in [5.74, 6) is 0. The van der Waals surface area contributed by atoms with Gasteiger partial charge in [-0.05, 0) is 65.2 Å². The van der Waals surface area contributed by atoms with Crippen molar-refractivity contribution in [2.24, 2.45) is 0 Å². The zero-order valence-corrected chi connectivity index (χ0v) is 14.4. The van der Waals surface area contributed by atoms with Gasteiger partial charge in [0, 0.05) is 28.9 Å². The third-order valence-corrected chi connectivity index (χ3v) is 6.11. The summed E-state index contributed by atoms with van der Waals surface area (Å²) in [6, 6.07) is 14.3. The molecule has 1 saturated heterocycles. The maximum Gasteiger partial charge on any atom is 0.263 e. The predicted molar refractivity (Wildman–Crippen MR) is 92.8 cm³/mol. The zero-order valence-electron chi connectivity index (χ0n) is 12.0. The van der Waals surface area contributed by atoms with E-state index in [9.17, 15) is 8.42 Å². The van der Waals surface area contributed by atoms with E-state index in [2.05, 4.69) is 25.6 Å². The molecule has 0 atom stereocenters. The zero-order chi connectivity index (χ0) is 15.6. The molecule has 0 aliphatic carbocycles. The molecule has 0 saturated carbocycles. The van der Waals surface area contributed by atoms with Crippen molar-refractivity contribution < 1.29 is 8.42 Å². The number of rotatable bonds is 4. The number of nitrogens with one attached hydrogen (secondary N) is 1. The lowest BCUT2D eigenvalue weighted by atomic mass is 10.2. The molecule has 1 fully saturated rings. The van der Waals surface area contributed by atoms with E-state index in [4.69, 9.17) is 0 Å². The number of hydrogen-bond donors (Lipinski definition) is 1. The number of nitrogens with zero attached hydrogens (tertiary/aromatic N) is 1. The molecule has 0 spiro atoms. The highest BCUT2D eigenvalue weighted by atomic mass is 79.9. The van der Waals surface area contributed by atoms with Crippen LogP contribution in [-0.4, -0.2) is 21.5 Å². The Kier molecular flexibility index (Phi) is 4.40. The van der Waals surface area contributed by atoms with Crippen LogP contribution in [0.1, 0.15) is 12.8 Å². The summed E-state index contributed by atoms with van der Waals surface area (Å²) in [6.45, 7) is 2.14. The van der Waals surface area contributed by atoms with E-state index >= 15 is 0 Å². The minimum absolute atomic E-state index is 0.235. The van der Waals surface area contributed by atoms with Gasteiger partial charge in [-0.25, -0.2) is 8.42 Å². The summed E-state index contributed by atoms with van der Waals surface area (Å²) in [6.07, 6.45) is 2.44. The van der Waals surface area contributed by atoms with Gasteiger partial charge in [0.1, 0.15) is 4.90 Å². The van der Waals surface area contributed by atoms with Crippen molar-refractivity contribution in [2.45, 2.75) is 17.7 Å². The standard InChI is InChI=1S/C16H17BrN2O2S/c17-15-5-1-2-6-16(15)22(20,21)18-13-7-9-14(10-8-13)19-11-3-4-12-19/h1-2,5-10,18H,3-4,11-12H2. The number of halogens is 1. The largest absolute Gasteiger partial charge is 0.372 e. The van der Waals surface area contributed by atoms with Crippen LogP contribution in [0.2, 0.25) is 0 Å². The molecule has 0 unspecified atom stereocenters. The fourth-order valence-electron chi connectivity index (χ4n) is 2.59. The predicted octanol–water partition coefficient (Wildman–Crippen LogP) is 3.85. The Balaban J connectivity index is 1.79. The van der Waals surface area contributed by atoms with Crippen molar-refractivity contribution in [3.05, 3.63) is 53.0 Å². The molecule has 3 rings (SSSR count). The van der Waals surface area contributed by atoms with Gasteiger partial charge in [0.05, 0.1) is 0 Å². The summed E-state index contributed by atoms with van der Waals surface area (Å²) in [7, 11) is -3.59. The second-order valence-corrected chi connectivity index (χ2v) is 7.78. The molecule has 116 valence electrons. The summed E-state index contributed by atoms with van der Waals surface area (Å²) in [5, 5.41) is 0. The number of anilines is 2. The lowest BCUT2D eigenvalue weighted by molar-refractivity contribution is 0.601. The molecular weight excluding hydrogens is 364 g/mol. The van der Waals surface area contributed by atoms with Gasteiger partial charge < -0.3 is 4.90 Å². The highest BCUT2D eigenvalue weighted by Gasteiger charge is 2.17. The molecule has 0 radical (unpaired) electrons. The Morgan fingerprint density at radius 3 is 2.23 bits per heavy atom. The summed E-state index contributed by atoms with van der Waals surface area (Å²) in [4.78, 5) is 2.55. The first-order valence-electron chi connectivity index (χ1n) is 7.19. The molecule has 2 aromatic carbocycles. The van der Waals surface area contributed by atoms with Crippen LogP contribution in [0.4, 0.5) is 11.4 Å². The summed E-state index contributed by atoms with van der Waals surface area (Å²) in [5.41, 5.74) is 1.71. The first kappa shape index (κ1) is 15.4. The molecule has 1 aliphatic heterocycles. The van der Waals surface area contributed by atoms with E-state index in [1.807, 2.05) is 24.3 Å². The van der Waals surface area contributed by atoms with Crippen molar-refractivity contribution in [2.75, 3.05) is 22.7 Å². The van der Waals surface area contributed by atoms with Gasteiger partial charge >= 0.3 is 0 Å². The van der Waals surface area contributed by atoms with Crippen molar-refractivity contribution >= 4 is 37.3 Å². The fraction of sp³-hybridized carbons (Fsp3) is 0.250. The smallest absolute Gasteiger partial charge is 0.263 e. The lowest BCUT2D eigenvalue weighted by Gasteiger charge is -2.18. The van der Waals surface area contributed by atoms with Gasteiger partial charge in [-0.3, -0.25) is 4.72 Å². The van der Waals surface area contributed by atoms with Crippen molar-refractivity contribution in [1.29, 1.82) is 0 Å². The van der Waals surface area contributed by atoms with E-state index in [0.717, 1.165) is 18.8 Å². The molecule has 22 heavy (non-hydrogen) atoms. The number of benzene rings is 2. The molecule has 6 heteroatoms. The third kappa shape index (κ3) is 3.28. The second kappa shape index (κ2) is 6.30. The van der Waals surface area contributed by atoms with Crippen molar-refractivity contribution in [3.63, 3.8) is 0 Å². The molecule has 0 amide bonds. The van der Waals surface area contributed by atoms with Crippen LogP contribution in [-0.2, 0) is 10.0 Å². The first-order valence-corrected chi connectivity index (χ1v) is 9.46. The van der Waals surface area contributed by atoms with E-state index in [0.29, 0.717) is 10.2 Å². The van der Waals surface area contributed by atoms with Gasteiger partial charge in [0.25, 0.3) is 10.0 Å². The fourth-order valence-corrected chi connectivity index (χ4v) is 4.65. The Bertz CT molecular complexity index is 754. The summed E-state index contributed by atoms with van der Waals surface area (Å²) >= 11 is 3.28. The topological polar surface area (TPSA) is 49.4 Å². The highest BCUT2D eigenvalue weighted by Crippen LogP contribution is 2.26. The molecule has 1 heterocycles. The molecule has 0 aromatic heterocycles. The third-order valence-electron chi connectivity index (χ3n) is 3.72. The molecule has 1 N–H and O–H groups in total. The molecule has 0 bridgehead atoms. The number of hydrogen-bond acceptors (Lipinski definition) is 3. The van der Waals surface area contributed by atoms with Gasteiger partial charge in [-0.2, -0.15) is 0 Å². The van der Waals surface area contributed by atoms with Gasteiger partial charge in [-0.1, -0.05) is 12.1 Å². The molecule has 4 nitrogen and oxygen atoms in total. The van der Waals surface area contributed by atoms with Gasteiger partial charge in [-0.15, -0.1) is 0 Å². The Morgan fingerprint density at radius 1 is 0.955 bits per heavy atom. The monoisotopic (exact) mass is 380 g/mol. The minimum Gasteiger partial charge on any atom is -0.372 e. The average Bonchev–Trinajstić information content (AvgIpc) is 3.02. The van der Waals surface area contributed by atoms with E-state index in [1.54, 1.807) is 24.3 Å². The van der Waals surface area contributed by atoms with Crippen LogP contribution in [0, 0.1) is 0 Å². The van der Waals surface area contributed by atoms with E-state index in [1.165, 1.54) is 12.8 Å². The maximum absolute atomic E-state index is 12.4. The first-order chi connectivity index (χ1) is 10.6. The van der Waals surface area contributed by atoms with Crippen LogP contribution in [0.15, 0.2) is 57.9 Å². The van der Waals surface area contributed by atoms with Crippen LogP contribution in [0.3, 0.4) is 0 Å². The normalized spacial score (nSPS) is 15.0. The summed E-state index contributed by atoms with van der Waals surface area (Å²) < 4.78 is 28.0.